The van der Waals surface area contributed by atoms with Crippen molar-refractivity contribution < 1.29 is 14.3 Å². The number of carbonyl (C=O) groups is 2. The number of carbonyl (C=O) groups excluding carboxylic acids is 2. The van der Waals surface area contributed by atoms with Gasteiger partial charge in [-0.1, -0.05) is 60.7 Å². The zero-order valence-electron chi connectivity index (χ0n) is 13.3. The van der Waals surface area contributed by atoms with Crippen LogP contribution in [0.15, 0.2) is 78.9 Å². The van der Waals surface area contributed by atoms with Crippen molar-refractivity contribution in [2.75, 3.05) is 5.32 Å². The standard InChI is InChI=1S/C21H15NO3/c23-19(14-7-2-1-3-8-14)15-9-6-10-16(13-15)22-20-17-11-4-5-12-18(17)21(24)25-20/h1-13,20,22H. The Morgan fingerprint density at radius 1 is 0.840 bits per heavy atom. The molecule has 122 valence electrons. The van der Waals surface area contributed by atoms with Gasteiger partial charge in [0.1, 0.15) is 0 Å². The Balaban J connectivity index is 1.59. The molecule has 4 heteroatoms. The fourth-order valence-corrected chi connectivity index (χ4v) is 2.91. The van der Waals surface area contributed by atoms with Gasteiger partial charge in [-0.3, -0.25) is 4.79 Å². The molecular formula is C21H15NO3. The molecule has 25 heavy (non-hydrogen) atoms. The molecule has 4 nitrogen and oxygen atoms in total. The minimum Gasteiger partial charge on any atom is -0.434 e. The zero-order chi connectivity index (χ0) is 17.2. The van der Waals surface area contributed by atoms with Gasteiger partial charge in [0.25, 0.3) is 0 Å². The number of cyclic esters (lactones) is 1. The first-order valence-electron chi connectivity index (χ1n) is 7.98. The van der Waals surface area contributed by atoms with E-state index in [2.05, 4.69) is 5.32 Å². The third kappa shape index (κ3) is 2.90. The van der Waals surface area contributed by atoms with Crippen molar-refractivity contribution in [1.82, 2.24) is 0 Å². The van der Waals surface area contributed by atoms with E-state index in [-0.39, 0.29) is 11.8 Å². The lowest BCUT2D eigenvalue weighted by Crippen LogP contribution is -2.11. The molecular weight excluding hydrogens is 314 g/mol. The van der Waals surface area contributed by atoms with Crippen molar-refractivity contribution >= 4 is 17.4 Å². The number of rotatable bonds is 4. The summed E-state index contributed by atoms with van der Waals surface area (Å²) < 4.78 is 5.39. The molecule has 3 aromatic rings. The largest absolute Gasteiger partial charge is 0.434 e. The van der Waals surface area contributed by atoms with Crippen LogP contribution < -0.4 is 5.32 Å². The first-order chi connectivity index (χ1) is 12.2. The molecule has 1 atom stereocenters. The van der Waals surface area contributed by atoms with E-state index in [1.54, 1.807) is 36.4 Å². The van der Waals surface area contributed by atoms with E-state index in [1.165, 1.54) is 0 Å². The highest BCUT2D eigenvalue weighted by molar-refractivity contribution is 6.09. The maximum atomic E-state index is 12.6. The number of benzene rings is 3. The number of nitrogens with one attached hydrogen (secondary N) is 1. The summed E-state index contributed by atoms with van der Waals surface area (Å²) in [6, 6.07) is 23.6. The third-order valence-corrected chi connectivity index (χ3v) is 4.15. The number of fused-ring (bicyclic) bond motifs is 1. The third-order valence-electron chi connectivity index (χ3n) is 4.15. The smallest absolute Gasteiger partial charge is 0.340 e. The molecule has 1 aliphatic rings. The van der Waals surface area contributed by atoms with Gasteiger partial charge in [0.2, 0.25) is 6.23 Å². The molecule has 0 fully saturated rings. The minimum atomic E-state index is -0.550. The maximum Gasteiger partial charge on any atom is 0.340 e. The minimum absolute atomic E-state index is 0.0481. The first-order valence-corrected chi connectivity index (χ1v) is 7.98. The maximum absolute atomic E-state index is 12.6. The van der Waals surface area contributed by atoms with Gasteiger partial charge in [0, 0.05) is 22.4 Å². The quantitative estimate of drug-likeness (QED) is 0.576. The number of hydrogen-bond donors (Lipinski definition) is 1. The second-order valence-corrected chi connectivity index (χ2v) is 5.79. The summed E-state index contributed by atoms with van der Waals surface area (Å²) in [6.07, 6.45) is -0.550. The molecule has 0 aromatic heterocycles. The van der Waals surface area contributed by atoms with Gasteiger partial charge in [-0.05, 0) is 18.2 Å². The molecule has 1 unspecified atom stereocenters. The highest BCUT2D eigenvalue weighted by Gasteiger charge is 2.30. The monoisotopic (exact) mass is 329 g/mol. The molecule has 0 saturated carbocycles. The van der Waals surface area contributed by atoms with E-state index < -0.39 is 6.23 Å². The summed E-state index contributed by atoms with van der Waals surface area (Å²) in [4.78, 5) is 24.5. The Kier molecular flexibility index (Phi) is 3.78. The van der Waals surface area contributed by atoms with Crippen molar-refractivity contribution in [3.05, 3.63) is 101 Å². The molecule has 0 aliphatic carbocycles. The van der Waals surface area contributed by atoms with Gasteiger partial charge in [-0.15, -0.1) is 0 Å². The van der Waals surface area contributed by atoms with Gasteiger partial charge in [-0.25, -0.2) is 4.79 Å². The number of hydrogen-bond acceptors (Lipinski definition) is 4. The summed E-state index contributed by atoms with van der Waals surface area (Å²) in [5.41, 5.74) is 3.30. The van der Waals surface area contributed by atoms with Crippen LogP contribution in [0, 0.1) is 0 Å². The average Bonchev–Trinajstić information content (AvgIpc) is 2.98. The molecule has 4 rings (SSSR count). The molecule has 0 amide bonds. The number of ether oxygens (including phenoxy) is 1. The highest BCUT2D eigenvalue weighted by Crippen LogP contribution is 2.31. The molecule has 1 aliphatic heterocycles. The van der Waals surface area contributed by atoms with Crippen LogP contribution in [0.25, 0.3) is 0 Å². The summed E-state index contributed by atoms with van der Waals surface area (Å²) in [5.74, 6) is -0.391. The second-order valence-electron chi connectivity index (χ2n) is 5.79. The van der Waals surface area contributed by atoms with Crippen molar-refractivity contribution in [3.8, 4) is 0 Å². The molecule has 0 spiro atoms. The molecule has 3 aromatic carbocycles. The summed E-state index contributed by atoms with van der Waals surface area (Å²) in [5, 5.41) is 3.18. The Labute approximate surface area is 145 Å². The zero-order valence-corrected chi connectivity index (χ0v) is 13.3. The van der Waals surface area contributed by atoms with E-state index in [9.17, 15) is 9.59 Å². The Bertz CT molecular complexity index is 950. The molecule has 0 radical (unpaired) electrons. The van der Waals surface area contributed by atoms with Gasteiger partial charge < -0.3 is 10.1 Å². The van der Waals surface area contributed by atoms with Crippen molar-refractivity contribution in [3.63, 3.8) is 0 Å². The van der Waals surface area contributed by atoms with Gasteiger partial charge in [0.05, 0.1) is 5.56 Å². The topological polar surface area (TPSA) is 55.4 Å². The SMILES string of the molecule is O=C(c1ccccc1)c1cccc(NC2OC(=O)c3ccccc32)c1. The van der Waals surface area contributed by atoms with E-state index in [1.807, 2.05) is 42.5 Å². The van der Waals surface area contributed by atoms with E-state index in [4.69, 9.17) is 4.74 Å². The predicted octanol–water partition coefficient (Wildman–Crippen LogP) is 4.20. The van der Waals surface area contributed by atoms with Crippen molar-refractivity contribution in [2.24, 2.45) is 0 Å². The number of anilines is 1. The van der Waals surface area contributed by atoms with Crippen LogP contribution in [0.3, 0.4) is 0 Å². The fraction of sp³-hybridized carbons (Fsp3) is 0.0476. The van der Waals surface area contributed by atoms with Crippen LogP contribution in [0.2, 0.25) is 0 Å². The summed E-state index contributed by atoms with van der Waals surface area (Å²) in [6.45, 7) is 0. The Morgan fingerprint density at radius 2 is 1.56 bits per heavy atom. The van der Waals surface area contributed by atoms with E-state index in [0.717, 1.165) is 11.3 Å². The van der Waals surface area contributed by atoms with Gasteiger partial charge in [0.15, 0.2) is 5.78 Å². The second kappa shape index (κ2) is 6.24. The van der Waals surface area contributed by atoms with Crippen LogP contribution in [-0.4, -0.2) is 11.8 Å². The first kappa shape index (κ1) is 15.1. The lowest BCUT2D eigenvalue weighted by Gasteiger charge is -2.15. The van der Waals surface area contributed by atoms with Crippen LogP contribution in [0.5, 0.6) is 0 Å². The van der Waals surface area contributed by atoms with Crippen LogP contribution in [-0.2, 0) is 4.74 Å². The van der Waals surface area contributed by atoms with Crippen molar-refractivity contribution in [2.45, 2.75) is 6.23 Å². The van der Waals surface area contributed by atoms with Crippen LogP contribution in [0.4, 0.5) is 5.69 Å². The van der Waals surface area contributed by atoms with Gasteiger partial charge >= 0.3 is 5.97 Å². The lowest BCUT2D eigenvalue weighted by atomic mass is 10.0. The number of ketones is 1. The Morgan fingerprint density at radius 3 is 2.40 bits per heavy atom. The predicted molar refractivity (Wildman–Crippen MR) is 94.5 cm³/mol. The summed E-state index contributed by atoms with van der Waals surface area (Å²) in [7, 11) is 0. The van der Waals surface area contributed by atoms with E-state index >= 15 is 0 Å². The fourth-order valence-electron chi connectivity index (χ4n) is 2.91. The van der Waals surface area contributed by atoms with Gasteiger partial charge in [-0.2, -0.15) is 0 Å². The lowest BCUT2D eigenvalue weighted by molar-refractivity contribution is 0.0437. The highest BCUT2D eigenvalue weighted by atomic mass is 16.6. The average molecular weight is 329 g/mol. The molecule has 0 saturated heterocycles. The normalized spacial score (nSPS) is 15.4. The molecule has 1 N–H and O–H groups in total. The van der Waals surface area contributed by atoms with E-state index in [0.29, 0.717) is 16.7 Å². The molecule has 0 bridgehead atoms. The van der Waals surface area contributed by atoms with Crippen molar-refractivity contribution in [1.29, 1.82) is 0 Å². The Hall–Kier alpha value is -3.40. The summed E-state index contributed by atoms with van der Waals surface area (Å²) >= 11 is 0. The number of esters is 1. The molecule has 1 heterocycles. The van der Waals surface area contributed by atoms with Crippen LogP contribution >= 0.6 is 0 Å². The van der Waals surface area contributed by atoms with Crippen LogP contribution in [0.1, 0.15) is 38.1 Å².